The Morgan fingerprint density at radius 3 is 2.11 bits per heavy atom. The monoisotopic (exact) mass is 270 g/mol. The molecule has 0 unspecified atom stereocenters. The lowest BCUT2D eigenvalue weighted by molar-refractivity contribution is 0.0478. The standard InChI is InChI=1S/C15H30N2O2/c1-6-17(7-2)13-10-8-12(9-11-13)16-14(18)19-15(3,4)5/h12-13H,6-11H2,1-5H3,(H,16,18)/t12-,13-. The zero-order chi connectivity index (χ0) is 14.5. The average molecular weight is 270 g/mol. The zero-order valence-electron chi connectivity index (χ0n) is 13.2. The molecule has 1 amide bonds. The molecule has 0 heterocycles. The van der Waals surface area contributed by atoms with Crippen molar-refractivity contribution in [1.82, 2.24) is 10.2 Å². The van der Waals surface area contributed by atoms with Crippen molar-refractivity contribution >= 4 is 6.09 Å². The SMILES string of the molecule is CCN(CC)[C@H]1CC[C@H](NC(=O)OC(C)(C)C)CC1. The van der Waals surface area contributed by atoms with Crippen molar-refractivity contribution in [2.75, 3.05) is 13.1 Å². The Morgan fingerprint density at radius 1 is 1.16 bits per heavy atom. The Kier molecular flexibility index (Phi) is 6.11. The third-order valence-corrected chi connectivity index (χ3v) is 3.75. The normalized spacial score (nSPS) is 24.3. The van der Waals surface area contributed by atoms with Crippen molar-refractivity contribution in [2.24, 2.45) is 0 Å². The molecule has 0 saturated heterocycles. The quantitative estimate of drug-likeness (QED) is 0.853. The number of hydrogen-bond donors (Lipinski definition) is 1. The Balaban J connectivity index is 2.32. The van der Waals surface area contributed by atoms with Crippen LogP contribution in [-0.2, 0) is 4.74 Å². The van der Waals surface area contributed by atoms with Crippen molar-refractivity contribution in [1.29, 1.82) is 0 Å². The second kappa shape index (κ2) is 7.13. The molecule has 0 aromatic heterocycles. The predicted molar refractivity (Wildman–Crippen MR) is 78.3 cm³/mol. The smallest absolute Gasteiger partial charge is 0.407 e. The summed E-state index contributed by atoms with van der Waals surface area (Å²) in [6.45, 7) is 12.3. The van der Waals surface area contributed by atoms with Gasteiger partial charge in [-0.25, -0.2) is 4.79 Å². The van der Waals surface area contributed by atoms with Crippen LogP contribution in [0.25, 0.3) is 0 Å². The van der Waals surface area contributed by atoms with Gasteiger partial charge in [0.05, 0.1) is 0 Å². The van der Waals surface area contributed by atoms with Crippen LogP contribution in [-0.4, -0.2) is 41.8 Å². The van der Waals surface area contributed by atoms with Crippen molar-refractivity contribution in [2.45, 2.75) is 78.0 Å². The molecule has 19 heavy (non-hydrogen) atoms. The van der Waals surface area contributed by atoms with Crippen LogP contribution in [0.1, 0.15) is 60.3 Å². The fourth-order valence-corrected chi connectivity index (χ4v) is 2.80. The number of rotatable bonds is 4. The molecule has 1 aliphatic carbocycles. The van der Waals surface area contributed by atoms with Crippen LogP contribution in [0.15, 0.2) is 0 Å². The van der Waals surface area contributed by atoms with Crippen LogP contribution in [0.4, 0.5) is 4.79 Å². The molecule has 0 bridgehead atoms. The van der Waals surface area contributed by atoms with Crippen LogP contribution in [0.5, 0.6) is 0 Å². The molecule has 1 aliphatic rings. The van der Waals surface area contributed by atoms with Gasteiger partial charge in [-0.05, 0) is 59.5 Å². The van der Waals surface area contributed by atoms with E-state index in [1.807, 2.05) is 20.8 Å². The topological polar surface area (TPSA) is 41.6 Å². The average Bonchev–Trinajstić information content (AvgIpc) is 2.30. The molecule has 0 aliphatic heterocycles. The molecule has 1 N–H and O–H groups in total. The lowest BCUT2D eigenvalue weighted by Crippen LogP contribution is -2.45. The van der Waals surface area contributed by atoms with E-state index >= 15 is 0 Å². The minimum atomic E-state index is -0.414. The van der Waals surface area contributed by atoms with Gasteiger partial charge in [-0.1, -0.05) is 13.8 Å². The molecule has 112 valence electrons. The summed E-state index contributed by atoms with van der Waals surface area (Å²) in [7, 11) is 0. The maximum Gasteiger partial charge on any atom is 0.407 e. The highest BCUT2D eigenvalue weighted by molar-refractivity contribution is 5.68. The Labute approximate surface area is 117 Å². The summed E-state index contributed by atoms with van der Waals surface area (Å²) >= 11 is 0. The van der Waals surface area contributed by atoms with Crippen LogP contribution in [0, 0.1) is 0 Å². The number of hydrogen-bond acceptors (Lipinski definition) is 3. The summed E-state index contributed by atoms with van der Waals surface area (Å²) in [5, 5.41) is 2.99. The second-order valence-electron chi connectivity index (χ2n) is 6.37. The van der Waals surface area contributed by atoms with E-state index in [0.717, 1.165) is 25.9 Å². The molecular formula is C15H30N2O2. The van der Waals surface area contributed by atoms with Crippen LogP contribution >= 0.6 is 0 Å². The molecule has 0 aromatic rings. The highest BCUT2D eigenvalue weighted by atomic mass is 16.6. The molecule has 0 atom stereocenters. The maximum absolute atomic E-state index is 11.7. The molecule has 4 heteroatoms. The van der Waals surface area contributed by atoms with E-state index in [1.165, 1.54) is 12.8 Å². The fourth-order valence-electron chi connectivity index (χ4n) is 2.80. The van der Waals surface area contributed by atoms with Crippen molar-refractivity contribution < 1.29 is 9.53 Å². The van der Waals surface area contributed by atoms with Crippen LogP contribution in [0.2, 0.25) is 0 Å². The van der Waals surface area contributed by atoms with E-state index in [2.05, 4.69) is 24.1 Å². The van der Waals surface area contributed by atoms with Crippen molar-refractivity contribution in [3.8, 4) is 0 Å². The van der Waals surface area contributed by atoms with E-state index in [0.29, 0.717) is 6.04 Å². The summed E-state index contributed by atoms with van der Waals surface area (Å²) in [6, 6.07) is 0.966. The highest BCUT2D eigenvalue weighted by Gasteiger charge is 2.26. The second-order valence-corrected chi connectivity index (χ2v) is 6.37. The van der Waals surface area contributed by atoms with Gasteiger partial charge in [0.1, 0.15) is 5.60 Å². The number of nitrogens with one attached hydrogen (secondary N) is 1. The third kappa shape index (κ3) is 5.81. The molecule has 1 saturated carbocycles. The summed E-state index contributed by atoms with van der Waals surface area (Å²) in [5.41, 5.74) is -0.414. The van der Waals surface area contributed by atoms with Crippen LogP contribution in [0.3, 0.4) is 0 Å². The number of nitrogens with zero attached hydrogens (tertiary/aromatic N) is 1. The molecule has 0 aromatic carbocycles. The van der Waals surface area contributed by atoms with Gasteiger partial charge in [-0.15, -0.1) is 0 Å². The Bertz CT molecular complexity index is 274. The number of ether oxygens (including phenoxy) is 1. The van der Waals surface area contributed by atoms with Crippen LogP contribution < -0.4 is 5.32 Å². The van der Waals surface area contributed by atoms with Gasteiger partial charge in [0.15, 0.2) is 0 Å². The molecule has 1 fully saturated rings. The lowest BCUT2D eigenvalue weighted by Gasteiger charge is -2.36. The number of amides is 1. The van der Waals surface area contributed by atoms with Crippen molar-refractivity contribution in [3.05, 3.63) is 0 Å². The van der Waals surface area contributed by atoms with Gasteiger partial charge >= 0.3 is 6.09 Å². The molecular weight excluding hydrogens is 240 g/mol. The molecule has 0 radical (unpaired) electrons. The third-order valence-electron chi connectivity index (χ3n) is 3.75. The van der Waals surface area contributed by atoms with Gasteiger partial charge in [-0.2, -0.15) is 0 Å². The summed E-state index contributed by atoms with van der Waals surface area (Å²) in [5.74, 6) is 0. The predicted octanol–water partition coefficient (Wildman–Crippen LogP) is 3.16. The zero-order valence-corrected chi connectivity index (χ0v) is 13.2. The molecule has 4 nitrogen and oxygen atoms in total. The Hall–Kier alpha value is -0.770. The van der Waals surface area contributed by atoms with Gasteiger partial charge in [-0.3, -0.25) is 0 Å². The Morgan fingerprint density at radius 2 is 1.68 bits per heavy atom. The first-order valence-corrected chi connectivity index (χ1v) is 7.59. The largest absolute Gasteiger partial charge is 0.444 e. The first-order chi connectivity index (χ1) is 8.85. The van der Waals surface area contributed by atoms with E-state index < -0.39 is 5.60 Å². The fraction of sp³-hybridized carbons (Fsp3) is 0.933. The highest BCUT2D eigenvalue weighted by Crippen LogP contribution is 2.23. The van der Waals surface area contributed by atoms with E-state index in [1.54, 1.807) is 0 Å². The number of carbonyl (C=O) groups excluding carboxylic acids is 1. The molecule has 0 spiro atoms. The number of carbonyl (C=O) groups is 1. The first-order valence-electron chi connectivity index (χ1n) is 7.59. The van der Waals surface area contributed by atoms with Gasteiger partial charge in [0.25, 0.3) is 0 Å². The van der Waals surface area contributed by atoms with E-state index in [9.17, 15) is 4.79 Å². The van der Waals surface area contributed by atoms with Crippen molar-refractivity contribution in [3.63, 3.8) is 0 Å². The maximum atomic E-state index is 11.7. The molecule has 1 rings (SSSR count). The summed E-state index contributed by atoms with van der Waals surface area (Å²) < 4.78 is 5.30. The summed E-state index contributed by atoms with van der Waals surface area (Å²) in [4.78, 5) is 14.2. The van der Waals surface area contributed by atoms with Gasteiger partial charge in [0, 0.05) is 12.1 Å². The minimum absolute atomic E-state index is 0.279. The van der Waals surface area contributed by atoms with E-state index in [4.69, 9.17) is 4.74 Å². The lowest BCUT2D eigenvalue weighted by atomic mass is 9.90. The van der Waals surface area contributed by atoms with Gasteiger partial charge in [0.2, 0.25) is 0 Å². The first kappa shape index (κ1) is 16.3. The minimum Gasteiger partial charge on any atom is -0.444 e. The van der Waals surface area contributed by atoms with E-state index in [-0.39, 0.29) is 12.1 Å². The number of alkyl carbamates (subject to hydrolysis) is 1. The van der Waals surface area contributed by atoms with Gasteiger partial charge < -0.3 is 15.0 Å². The summed E-state index contributed by atoms with van der Waals surface area (Å²) in [6.07, 6.45) is 4.17.